The summed E-state index contributed by atoms with van der Waals surface area (Å²) in [4.78, 5) is 12.5. The van der Waals surface area contributed by atoms with E-state index < -0.39 is 0 Å². The van der Waals surface area contributed by atoms with Gasteiger partial charge in [-0.3, -0.25) is 4.79 Å². The lowest BCUT2D eigenvalue weighted by atomic mass is 10.0. The van der Waals surface area contributed by atoms with Crippen molar-refractivity contribution in [1.29, 1.82) is 0 Å². The maximum absolute atomic E-state index is 12.5. The van der Waals surface area contributed by atoms with Gasteiger partial charge in [0.05, 0.1) is 13.8 Å². The first-order chi connectivity index (χ1) is 9.41. The lowest BCUT2D eigenvalue weighted by Crippen LogP contribution is -2.04. The van der Waals surface area contributed by atoms with Crippen molar-refractivity contribution in [1.82, 2.24) is 0 Å². The summed E-state index contributed by atoms with van der Waals surface area (Å²) in [6, 6.07) is 10.5. The molecule has 2 aromatic rings. The lowest BCUT2D eigenvalue weighted by molar-refractivity contribution is 0.103. The van der Waals surface area contributed by atoms with Crippen LogP contribution in [0.15, 0.2) is 40.9 Å². The Labute approximate surface area is 152 Å². The molecule has 0 saturated heterocycles. The number of hydrogen-bond donors (Lipinski definition) is 0. The molecule has 0 aliphatic carbocycles. The molecule has 0 fully saturated rings. The van der Waals surface area contributed by atoms with Crippen LogP contribution in [0, 0.1) is 0 Å². The molecule has 0 aliphatic heterocycles. The van der Waals surface area contributed by atoms with Crippen molar-refractivity contribution < 1.29 is 4.79 Å². The quantitative estimate of drug-likeness (QED) is 0.335. The normalized spacial score (nSPS) is 10.9. The van der Waals surface area contributed by atoms with Gasteiger partial charge in [0.2, 0.25) is 0 Å². The fraction of sp³-hybridized carbons (Fsp3) is 0.0714. The number of ketones is 1. The predicted molar refractivity (Wildman–Crippen MR) is 94.6 cm³/mol. The van der Waals surface area contributed by atoms with Crippen LogP contribution >= 0.6 is 71.0 Å². The average Bonchev–Trinajstić information content (AvgIpc) is 2.41. The first-order valence-electron chi connectivity index (χ1n) is 5.48. The molecule has 0 aromatic heterocycles. The van der Waals surface area contributed by atoms with Crippen molar-refractivity contribution in [3.8, 4) is 0 Å². The molecule has 6 heteroatoms. The zero-order valence-electron chi connectivity index (χ0n) is 9.84. The van der Waals surface area contributed by atoms with Crippen LogP contribution in [0.3, 0.4) is 0 Å². The monoisotopic (exact) mass is 498 g/mol. The molecule has 0 N–H and O–H groups in total. The highest BCUT2D eigenvalue weighted by atomic mass is 79.9. The Hall–Kier alpha value is 0.130. The second kappa shape index (κ2) is 6.93. The Morgan fingerprint density at radius 2 is 1.75 bits per heavy atom. The molecule has 0 heterocycles. The van der Waals surface area contributed by atoms with E-state index in [1.807, 2.05) is 12.1 Å². The lowest BCUT2D eigenvalue weighted by Gasteiger charge is -2.09. The average molecular weight is 502 g/mol. The van der Waals surface area contributed by atoms with Gasteiger partial charge in [0, 0.05) is 15.6 Å². The highest BCUT2D eigenvalue weighted by Crippen LogP contribution is 2.34. The van der Waals surface area contributed by atoms with E-state index in [2.05, 4.69) is 47.8 Å². The maximum atomic E-state index is 12.5. The number of rotatable bonds is 3. The molecular formula is C14H7Br3Cl2O. The minimum atomic E-state index is -0.170. The molecule has 0 saturated carbocycles. The molecule has 0 unspecified atom stereocenters. The standard InChI is InChI=1S/C14H7Br3Cl2O/c15-10-6-7(14(16)17)4-5-8(10)13(20)9-2-1-3-11(18)12(9)19/h1-6,14H. The van der Waals surface area contributed by atoms with E-state index in [1.54, 1.807) is 24.3 Å². The number of benzene rings is 2. The first-order valence-corrected chi connectivity index (χ1v) is 8.86. The van der Waals surface area contributed by atoms with Crippen LogP contribution in [0.2, 0.25) is 10.0 Å². The summed E-state index contributed by atoms with van der Waals surface area (Å²) in [5, 5.41) is 0.639. The van der Waals surface area contributed by atoms with Crippen LogP contribution in [-0.4, -0.2) is 5.78 Å². The molecular weight excluding hydrogens is 495 g/mol. The fourth-order valence-electron chi connectivity index (χ4n) is 1.68. The molecule has 0 spiro atoms. The second-order valence-corrected chi connectivity index (χ2v) is 8.67. The van der Waals surface area contributed by atoms with Crippen molar-refractivity contribution >= 4 is 76.8 Å². The number of hydrogen-bond acceptors (Lipinski definition) is 1. The molecule has 20 heavy (non-hydrogen) atoms. The zero-order chi connectivity index (χ0) is 14.9. The summed E-state index contributed by atoms with van der Waals surface area (Å²) in [5.41, 5.74) is 1.94. The highest BCUT2D eigenvalue weighted by Gasteiger charge is 2.18. The molecule has 0 aliphatic rings. The summed E-state index contributed by atoms with van der Waals surface area (Å²) in [6.45, 7) is 0. The molecule has 2 rings (SSSR count). The third kappa shape index (κ3) is 3.47. The van der Waals surface area contributed by atoms with E-state index in [9.17, 15) is 4.79 Å². The Morgan fingerprint density at radius 3 is 2.35 bits per heavy atom. The van der Waals surface area contributed by atoms with Gasteiger partial charge in [-0.25, -0.2) is 0 Å². The molecule has 1 nitrogen and oxygen atoms in total. The van der Waals surface area contributed by atoms with Crippen LogP contribution in [0.25, 0.3) is 0 Å². The van der Waals surface area contributed by atoms with Gasteiger partial charge in [-0.15, -0.1) is 0 Å². The molecule has 104 valence electrons. The largest absolute Gasteiger partial charge is 0.289 e. The van der Waals surface area contributed by atoms with Gasteiger partial charge < -0.3 is 0 Å². The van der Waals surface area contributed by atoms with E-state index in [-0.39, 0.29) is 14.5 Å². The van der Waals surface area contributed by atoms with E-state index in [0.29, 0.717) is 20.6 Å². The van der Waals surface area contributed by atoms with Crippen molar-refractivity contribution in [2.75, 3.05) is 0 Å². The Balaban J connectivity index is 2.46. The fourth-order valence-corrected chi connectivity index (χ4v) is 3.21. The SMILES string of the molecule is O=C(c1ccc(C(Br)Br)cc1Br)c1cccc(Cl)c1Cl. The summed E-state index contributed by atoms with van der Waals surface area (Å²) in [5.74, 6) is -0.170. The van der Waals surface area contributed by atoms with Crippen LogP contribution < -0.4 is 0 Å². The summed E-state index contributed by atoms with van der Waals surface area (Å²) in [6.07, 6.45) is 0. The van der Waals surface area contributed by atoms with Gasteiger partial charge in [0.1, 0.15) is 0 Å². The van der Waals surface area contributed by atoms with Gasteiger partial charge in [-0.2, -0.15) is 0 Å². The van der Waals surface area contributed by atoms with Crippen LogP contribution in [0.1, 0.15) is 25.2 Å². The van der Waals surface area contributed by atoms with Crippen LogP contribution in [0.4, 0.5) is 0 Å². The second-order valence-electron chi connectivity index (χ2n) is 3.97. The number of halogens is 5. The predicted octanol–water partition coefficient (Wildman–Crippen LogP) is 6.78. The first kappa shape index (κ1) is 16.5. The minimum Gasteiger partial charge on any atom is -0.289 e. The van der Waals surface area contributed by atoms with Crippen LogP contribution in [0.5, 0.6) is 0 Å². The Kier molecular flexibility index (Phi) is 5.71. The number of alkyl halides is 2. The smallest absolute Gasteiger partial charge is 0.195 e. The minimum absolute atomic E-state index is 0.0326. The Morgan fingerprint density at radius 1 is 1.05 bits per heavy atom. The summed E-state index contributed by atoms with van der Waals surface area (Å²) >= 11 is 22.3. The van der Waals surface area contributed by atoms with Crippen molar-refractivity contribution in [3.05, 3.63) is 67.6 Å². The molecule has 0 radical (unpaired) electrons. The number of carbonyl (C=O) groups excluding carboxylic acids is 1. The van der Waals surface area contributed by atoms with Gasteiger partial charge >= 0.3 is 0 Å². The van der Waals surface area contributed by atoms with Gasteiger partial charge in [-0.1, -0.05) is 83.1 Å². The zero-order valence-corrected chi connectivity index (χ0v) is 16.1. The molecule has 2 aromatic carbocycles. The van der Waals surface area contributed by atoms with Crippen molar-refractivity contribution in [2.45, 2.75) is 3.74 Å². The van der Waals surface area contributed by atoms with E-state index in [4.69, 9.17) is 23.2 Å². The molecule has 0 bridgehead atoms. The van der Waals surface area contributed by atoms with E-state index >= 15 is 0 Å². The molecule has 0 atom stereocenters. The van der Waals surface area contributed by atoms with Crippen molar-refractivity contribution in [3.63, 3.8) is 0 Å². The Bertz CT molecular complexity index is 671. The number of carbonyl (C=O) groups is 1. The highest BCUT2D eigenvalue weighted by molar-refractivity contribution is 9.24. The van der Waals surface area contributed by atoms with Gasteiger partial charge in [-0.05, 0) is 29.8 Å². The third-order valence-corrected chi connectivity index (χ3v) is 5.22. The van der Waals surface area contributed by atoms with Gasteiger partial charge in [0.15, 0.2) is 5.78 Å². The van der Waals surface area contributed by atoms with E-state index in [0.717, 1.165) is 5.56 Å². The summed E-state index contributed by atoms with van der Waals surface area (Å²) < 4.78 is 0.741. The topological polar surface area (TPSA) is 17.1 Å². The van der Waals surface area contributed by atoms with E-state index in [1.165, 1.54) is 0 Å². The van der Waals surface area contributed by atoms with Crippen LogP contribution in [-0.2, 0) is 0 Å². The maximum Gasteiger partial charge on any atom is 0.195 e. The van der Waals surface area contributed by atoms with Crippen molar-refractivity contribution in [2.24, 2.45) is 0 Å². The molecule has 0 amide bonds. The third-order valence-electron chi connectivity index (χ3n) is 2.69. The van der Waals surface area contributed by atoms with Gasteiger partial charge in [0.25, 0.3) is 0 Å². The summed E-state index contributed by atoms with van der Waals surface area (Å²) in [7, 11) is 0.